The number of carbonyl (C=O) groups is 1. The lowest BCUT2D eigenvalue weighted by Crippen LogP contribution is -2.27. The van der Waals surface area contributed by atoms with E-state index in [0.717, 1.165) is 17.7 Å². The van der Waals surface area contributed by atoms with Gasteiger partial charge in [-0.05, 0) is 67.8 Å². The summed E-state index contributed by atoms with van der Waals surface area (Å²) in [5.41, 5.74) is 3.24. The average Bonchev–Trinajstić information content (AvgIpc) is 3.00. The van der Waals surface area contributed by atoms with Crippen LogP contribution in [0.2, 0.25) is 0 Å². The number of hydrogen-bond donors (Lipinski definition) is 0. The van der Waals surface area contributed by atoms with Gasteiger partial charge in [-0.2, -0.15) is 0 Å². The first-order chi connectivity index (χ1) is 14.9. The molecule has 0 N–H and O–H groups in total. The van der Waals surface area contributed by atoms with Gasteiger partial charge in [0.2, 0.25) is 0 Å². The third-order valence-electron chi connectivity index (χ3n) is 4.69. The highest BCUT2D eigenvalue weighted by Crippen LogP contribution is 2.34. The van der Waals surface area contributed by atoms with Gasteiger partial charge in [0.25, 0.3) is 5.91 Å². The number of methoxy groups -OCH3 is 1. The summed E-state index contributed by atoms with van der Waals surface area (Å²) in [4.78, 5) is 14.6. The summed E-state index contributed by atoms with van der Waals surface area (Å²) >= 11 is 6.59. The van der Waals surface area contributed by atoms with E-state index in [1.54, 1.807) is 12.0 Å². The van der Waals surface area contributed by atoms with Crippen molar-refractivity contribution in [1.82, 2.24) is 4.90 Å². The molecule has 1 heterocycles. The third-order valence-corrected chi connectivity index (χ3v) is 6.06. The first-order valence-corrected chi connectivity index (χ1v) is 11.4. The maximum Gasteiger partial charge on any atom is 0.266 e. The molecule has 31 heavy (non-hydrogen) atoms. The molecule has 0 unspecified atom stereocenters. The Morgan fingerprint density at radius 1 is 1.03 bits per heavy atom. The molecule has 0 spiro atoms. The van der Waals surface area contributed by atoms with E-state index < -0.39 is 0 Å². The molecule has 164 valence electrons. The van der Waals surface area contributed by atoms with Gasteiger partial charge < -0.3 is 14.2 Å². The number of nitrogens with zero attached hydrogens (tertiary/aromatic N) is 1. The number of benzene rings is 2. The van der Waals surface area contributed by atoms with E-state index in [0.29, 0.717) is 40.5 Å². The molecule has 7 heteroatoms. The first-order valence-electron chi connectivity index (χ1n) is 10.2. The van der Waals surface area contributed by atoms with E-state index in [4.69, 9.17) is 26.4 Å². The molecule has 0 bridgehead atoms. The monoisotopic (exact) mass is 457 g/mol. The van der Waals surface area contributed by atoms with Crippen LogP contribution >= 0.6 is 24.0 Å². The number of aryl methyl sites for hydroxylation is 2. The summed E-state index contributed by atoms with van der Waals surface area (Å²) in [5, 5.41) is 0. The van der Waals surface area contributed by atoms with Gasteiger partial charge in [-0.3, -0.25) is 9.69 Å². The molecule has 5 nitrogen and oxygen atoms in total. The summed E-state index contributed by atoms with van der Waals surface area (Å²) in [6.45, 7) is 7.69. The highest BCUT2D eigenvalue weighted by Gasteiger charge is 2.30. The number of ether oxygens (including phenoxy) is 3. The molecule has 1 aliphatic rings. The van der Waals surface area contributed by atoms with Crippen molar-refractivity contribution in [1.29, 1.82) is 0 Å². The molecule has 1 saturated heterocycles. The van der Waals surface area contributed by atoms with Gasteiger partial charge in [0, 0.05) is 13.0 Å². The highest BCUT2D eigenvalue weighted by atomic mass is 32.2. The fourth-order valence-electron chi connectivity index (χ4n) is 3.26. The van der Waals surface area contributed by atoms with Gasteiger partial charge in [-0.25, -0.2) is 0 Å². The Morgan fingerprint density at radius 2 is 1.74 bits per heavy atom. The number of thioether (sulfide) groups is 1. The van der Waals surface area contributed by atoms with Crippen molar-refractivity contribution in [2.45, 2.75) is 27.2 Å². The van der Waals surface area contributed by atoms with Crippen molar-refractivity contribution in [3.8, 4) is 17.2 Å². The summed E-state index contributed by atoms with van der Waals surface area (Å²) in [5.74, 6) is 2.11. The summed E-state index contributed by atoms with van der Waals surface area (Å²) in [6.07, 6.45) is 2.58. The minimum atomic E-state index is -0.0550. The number of carbonyl (C=O) groups excluding carboxylic acids is 1. The second-order valence-corrected chi connectivity index (χ2v) is 8.89. The van der Waals surface area contributed by atoms with Gasteiger partial charge in [0.15, 0.2) is 11.5 Å². The normalized spacial score (nSPS) is 15.0. The SMILES string of the molecule is CCN1C(=O)C(=Cc2ccc(OCCCOc3cc(C)cc(C)c3)c(OC)c2)SC1=S. The Kier molecular flexibility index (Phi) is 7.98. The topological polar surface area (TPSA) is 48.0 Å². The van der Waals surface area contributed by atoms with Gasteiger partial charge in [-0.1, -0.05) is 36.1 Å². The number of rotatable bonds is 9. The Balaban J connectivity index is 1.56. The third kappa shape index (κ3) is 6.02. The van der Waals surface area contributed by atoms with Crippen LogP contribution in [-0.2, 0) is 4.79 Å². The van der Waals surface area contributed by atoms with Crippen LogP contribution in [0.25, 0.3) is 6.08 Å². The lowest BCUT2D eigenvalue weighted by Gasteiger charge is -2.12. The zero-order chi connectivity index (χ0) is 22.4. The maximum atomic E-state index is 12.4. The molecule has 2 aromatic rings. The van der Waals surface area contributed by atoms with Crippen LogP contribution in [0.5, 0.6) is 17.2 Å². The second-order valence-electron chi connectivity index (χ2n) is 7.21. The van der Waals surface area contributed by atoms with Gasteiger partial charge in [-0.15, -0.1) is 0 Å². The molecule has 1 amide bonds. The van der Waals surface area contributed by atoms with Crippen molar-refractivity contribution >= 4 is 40.3 Å². The van der Waals surface area contributed by atoms with Crippen LogP contribution in [0.15, 0.2) is 41.3 Å². The molecular weight excluding hydrogens is 430 g/mol. The lowest BCUT2D eigenvalue weighted by atomic mass is 10.1. The standard InChI is InChI=1S/C24H27NO4S2/c1-5-25-23(26)22(31-24(25)30)15-18-7-8-20(21(14-18)27-4)29-10-6-9-28-19-12-16(2)11-17(3)13-19/h7-8,11-15H,5-6,9-10H2,1-4H3. The Labute approximate surface area is 193 Å². The lowest BCUT2D eigenvalue weighted by molar-refractivity contribution is -0.121. The van der Waals surface area contributed by atoms with Crippen molar-refractivity contribution in [2.75, 3.05) is 26.9 Å². The van der Waals surface area contributed by atoms with E-state index in [1.807, 2.05) is 43.3 Å². The molecule has 0 aromatic heterocycles. The van der Waals surface area contributed by atoms with Crippen LogP contribution in [0.1, 0.15) is 30.0 Å². The number of hydrogen-bond acceptors (Lipinski definition) is 6. The summed E-state index contributed by atoms with van der Waals surface area (Å²) < 4.78 is 17.8. The summed E-state index contributed by atoms with van der Waals surface area (Å²) in [7, 11) is 1.60. The quantitative estimate of drug-likeness (QED) is 0.286. The number of thiocarbonyl (C=S) groups is 1. The zero-order valence-electron chi connectivity index (χ0n) is 18.3. The molecule has 1 fully saturated rings. The van der Waals surface area contributed by atoms with E-state index in [2.05, 4.69) is 19.9 Å². The summed E-state index contributed by atoms with van der Waals surface area (Å²) in [6, 6.07) is 11.8. The van der Waals surface area contributed by atoms with Crippen LogP contribution in [0.4, 0.5) is 0 Å². The maximum absolute atomic E-state index is 12.4. The van der Waals surface area contributed by atoms with E-state index in [9.17, 15) is 4.79 Å². The molecule has 0 aliphatic carbocycles. The predicted octanol–water partition coefficient (Wildman–Crippen LogP) is 5.38. The van der Waals surface area contributed by atoms with Crippen molar-refractivity contribution in [2.24, 2.45) is 0 Å². The smallest absolute Gasteiger partial charge is 0.266 e. The molecular formula is C24H27NO4S2. The first kappa shape index (κ1) is 23.2. The van der Waals surface area contributed by atoms with E-state index >= 15 is 0 Å². The second kappa shape index (κ2) is 10.7. The molecule has 2 aromatic carbocycles. The van der Waals surface area contributed by atoms with Crippen LogP contribution in [-0.4, -0.2) is 42.0 Å². The number of likely N-dealkylation sites (N-methyl/N-ethyl adjacent to an activating group) is 1. The van der Waals surface area contributed by atoms with Crippen molar-refractivity contribution in [3.05, 3.63) is 58.0 Å². The number of amides is 1. The van der Waals surface area contributed by atoms with E-state index in [1.165, 1.54) is 22.9 Å². The Morgan fingerprint density at radius 3 is 2.39 bits per heavy atom. The average molecular weight is 458 g/mol. The molecule has 3 rings (SSSR count). The van der Waals surface area contributed by atoms with Crippen molar-refractivity contribution < 1.29 is 19.0 Å². The van der Waals surface area contributed by atoms with Gasteiger partial charge in [0.05, 0.1) is 25.2 Å². The van der Waals surface area contributed by atoms with Crippen LogP contribution < -0.4 is 14.2 Å². The Hall–Kier alpha value is -2.51. The van der Waals surface area contributed by atoms with Gasteiger partial charge >= 0.3 is 0 Å². The Bertz CT molecular complexity index is 983. The minimum Gasteiger partial charge on any atom is -0.493 e. The molecule has 0 radical (unpaired) electrons. The predicted molar refractivity (Wildman–Crippen MR) is 130 cm³/mol. The van der Waals surface area contributed by atoms with Crippen molar-refractivity contribution in [3.63, 3.8) is 0 Å². The highest BCUT2D eigenvalue weighted by molar-refractivity contribution is 8.26. The fourth-order valence-corrected chi connectivity index (χ4v) is 4.65. The molecule has 0 atom stereocenters. The zero-order valence-corrected chi connectivity index (χ0v) is 19.9. The minimum absolute atomic E-state index is 0.0550. The molecule has 0 saturated carbocycles. The largest absolute Gasteiger partial charge is 0.493 e. The van der Waals surface area contributed by atoms with Crippen LogP contribution in [0.3, 0.4) is 0 Å². The van der Waals surface area contributed by atoms with Gasteiger partial charge in [0.1, 0.15) is 10.1 Å². The fraction of sp³-hybridized carbons (Fsp3) is 0.333. The molecule has 1 aliphatic heterocycles. The van der Waals surface area contributed by atoms with Crippen LogP contribution in [0, 0.1) is 13.8 Å². The van der Waals surface area contributed by atoms with E-state index in [-0.39, 0.29) is 5.91 Å².